The number of amides is 1. The lowest BCUT2D eigenvalue weighted by Crippen LogP contribution is -2.33. The van der Waals surface area contributed by atoms with Crippen molar-refractivity contribution in [1.82, 2.24) is 15.2 Å². The second-order valence-corrected chi connectivity index (χ2v) is 6.27. The summed E-state index contributed by atoms with van der Waals surface area (Å²) >= 11 is 0. The highest BCUT2D eigenvalue weighted by Crippen LogP contribution is 2.25. The second kappa shape index (κ2) is 8.06. The first kappa shape index (κ1) is 18.1. The number of anilines is 1. The molecule has 1 aromatic heterocycles. The van der Waals surface area contributed by atoms with E-state index in [2.05, 4.69) is 20.5 Å². The van der Waals surface area contributed by atoms with Gasteiger partial charge in [0.1, 0.15) is 5.82 Å². The first-order valence-corrected chi connectivity index (χ1v) is 8.47. The van der Waals surface area contributed by atoms with Crippen LogP contribution in [0.25, 0.3) is 11.4 Å². The fourth-order valence-electron chi connectivity index (χ4n) is 2.94. The molecule has 3 N–H and O–H groups in total. The van der Waals surface area contributed by atoms with Crippen molar-refractivity contribution < 1.29 is 9.90 Å². The minimum atomic E-state index is -0.925. The summed E-state index contributed by atoms with van der Waals surface area (Å²) in [5.41, 5.74) is 0.580. The van der Waals surface area contributed by atoms with Crippen LogP contribution in [-0.2, 0) is 4.79 Å². The van der Waals surface area contributed by atoms with Crippen LogP contribution in [0, 0.1) is 6.92 Å². The SMILES string of the molecule is CCCC(O)(CCC)CC(=O)Nc1cccc(-c2n[nH]c(C)n2)c1. The van der Waals surface area contributed by atoms with Gasteiger partial charge in [0, 0.05) is 11.3 Å². The molecule has 0 fully saturated rings. The van der Waals surface area contributed by atoms with Crippen LogP contribution in [0.2, 0.25) is 0 Å². The number of carbonyl (C=O) groups excluding carboxylic acids is 1. The summed E-state index contributed by atoms with van der Waals surface area (Å²) in [6.07, 6.45) is 3.07. The van der Waals surface area contributed by atoms with Gasteiger partial charge in [0.05, 0.1) is 12.0 Å². The smallest absolute Gasteiger partial charge is 0.227 e. The summed E-state index contributed by atoms with van der Waals surface area (Å²) in [4.78, 5) is 16.6. The maximum absolute atomic E-state index is 12.3. The van der Waals surface area contributed by atoms with Gasteiger partial charge in [-0.05, 0) is 31.9 Å². The minimum absolute atomic E-state index is 0.110. The Morgan fingerprint density at radius 3 is 2.58 bits per heavy atom. The second-order valence-electron chi connectivity index (χ2n) is 6.27. The maximum atomic E-state index is 12.3. The van der Waals surface area contributed by atoms with Crippen molar-refractivity contribution >= 4 is 11.6 Å². The molecule has 0 spiro atoms. The fraction of sp³-hybridized carbons (Fsp3) is 0.500. The van der Waals surface area contributed by atoms with Gasteiger partial charge in [-0.25, -0.2) is 4.98 Å². The summed E-state index contributed by atoms with van der Waals surface area (Å²) < 4.78 is 0. The Morgan fingerprint density at radius 2 is 2.00 bits per heavy atom. The summed E-state index contributed by atoms with van der Waals surface area (Å²) in [5, 5.41) is 20.4. The summed E-state index contributed by atoms with van der Waals surface area (Å²) in [6, 6.07) is 7.39. The van der Waals surface area contributed by atoms with E-state index in [1.165, 1.54) is 0 Å². The highest BCUT2D eigenvalue weighted by Gasteiger charge is 2.28. The van der Waals surface area contributed by atoms with Gasteiger partial charge in [0.15, 0.2) is 5.82 Å². The maximum Gasteiger partial charge on any atom is 0.227 e. The van der Waals surface area contributed by atoms with Crippen LogP contribution >= 0.6 is 0 Å². The van der Waals surface area contributed by atoms with Gasteiger partial charge in [-0.15, -0.1) is 0 Å². The molecule has 0 atom stereocenters. The molecule has 1 aromatic carbocycles. The van der Waals surface area contributed by atoms with Gasteiger partial charge in [-0.1, -0.05) is 38.8 Å². The molecule has 0 saturated heterocycles. The van der Waals surface area contributed by atoms with Gasteiger partial charge in [0.25, 0.3) is 0 Å². The Balaban J connectivity index is 2.06. The number of aryl methyl sites for hydroxylation is 1. The van der Waals surface area contributed by atoms with Crippen molar-refractivity contribution in [3.05, 3.63) is 30.1 Å². The molecule has 6 nitrogen and oxygen atoms in total. The Bertz CT molecular complexity index is 675. The molecule has 2 rings (SSSR count). The standard InChI is InChI=1S/C18H26N4O2/c1-4-9-18(24,10-5-2)12-16(23)20-15-8-6-7-14(11-15)17-19-13(3)21-22-17/h6-8,11,24H,4-5,9-10,12H2,1-3H3,(H,20,23)(H,19,21,22). The van der Waals surface area contributed by atoms with Crippen LogP contribution in [-0.4, -0.2) is 31.8 Å². The zero-order valence-electron chi connectivity index (χ0n) is 14.6. The van der Waals surface area contributed by atoms with Crippen LogP contribution in [0.3, 0.4) is 0 Å². The van der Waals surface area contributed by atoms with Crippen molar-refractivity contribution in [2.45, 2.75) is 58.5 Å². The minimum Gasteiger partial charge on any atom is -0.389 e. The third kappa shape index (κ3) is 4.89. The quantitative estimate of drug-likeness (QED) is 0.691. The van der Waals surface area contributed by atoms with Crippen LogP contribution in [0.5, 0.6) is 0 Å². The Kier molecular flexibility index (Phi) is 6.09. The van der Waals surface area contributed by atoms with E-state index in [0.29, 0.717) is 24.4 Å². The lowest BCUT2D eigenvalue weighted by molar-refractivity contribution is -0.121. The first-order valence-electron chi connectivity index (χ1n) is 8.47. The number of nitrogens with one attached hydrogen (secondary N) is 2. The molecule has 0 aliphatic carbocycles. The van der Waals surface area contributed by atoms with E-state index in [1.807, 2.05) is 45.0 Å². The number of aromatic nitrogens is 3. The van der Waals surface area contributed by atoms with Crippen molar-refractivity contribution in [2.24, 2.45) is 0 Å². The van der Waals surface area contributed by atoms with Gasteiger partial charge in [-0.2, -0.15) is 5.10 Å². The third-order valence-electron chi connectivity index (χ3n) is 3.92. The average Bonchev–Trinajstić information content (AvgIpc) is 2.94. The molecule has 0 bridgehead atoms. The zero-order valence-corrected chi connectivity index (χ0v) is 14.6. The molecule has 0 saturated carbocycles. The fourth-order valence-corrected chi connectivity index (χ4v) is 2.94. The molecule has 0 unspecified atom stereocenters. The third-order valence-corrected chi connectivity index (χ3v) is 3.92. The molecule has 6 heteroatoms. The molecule has 1 amide bonds. The monoisotopic (exact) mass is 330 g/mol. The molecular formula is C18H26N4O2. The van der Waals surface area contributed by atoms with Crippen molar-refractivity contribution in [2.75, 3.05) is 5.32 Å². The van der Waals surface area contributed by atoms with Crippen LogP contribution in [0.4, 0.5) is 5.69 Å². The van der Waals surface area contributed by atoms with E-state index in [0.717, 1.165) is 24.2 Å². The molecule has 24 heavy (non-hydrogen) atoms. The van der Waals surface area contributed by atoms with Crippen molar-refractivity contribution in [1.29, 1.82) is 0 Å². The average molecular weight is 330 g/mol. The van der Waals surface area contributed by atoms with Crippen molar-refractivity contribution in [3.8, 4) is 11.4 Å². The highest BCUT2D eigenvalue weighted by molar-refractivity contribution is 5.92. The van der Waals surface area contributed by atoms with Gasteiger partial charge in [0.2, 0.25) is 5.91 Å². The number of benzene rings is 1. The van der Waals surface area contributed by atoms with Gasteiger partial charge >= 0.3 is 0 Å². The number of aliphatic hydroxyl groups is 1. The summed E-state index contributed by atoms with van der Waals surface area (Å²) in [5.74, 6) is 1.16. The van der Waals surface area contributed by atoms with Gasteiger partial charge < -0.3 is 10.4 Å². The molecule has 0 aliphatic heterocycles. The molecule has 0 aliphatic rings. The predicted molar refractivity (Wildman–Crippen MR) is 94.6 cm³/mol. The normalized spacial score (nSPS) is 11.5. The molecular weight excluding hydrogens is 304 g/mol. The van der Waals surface area contributed by atoms with E-state index in [4.69, 9.17) is 0 Å². The molecule has 0 radical (unpaired) electrons. The summed E-state index contributed by atoms with van der Waals surface area (Å²) in [7, 11) is 0. The number of hydrogen-bond acceptors (Lipinski definition) is 4. The zero-order chi connectivity index (χ0) is 17.6. The Labute approximate surface area is 142 Å². The van der Waals surface area contributed by atoms with E-state index in [9.17, 15) is 9.90 Å². The number of rotatable bonds is 8. The number of aromatic amines is 1. The Morgan fingerprint density at radius 1 is 1.29 bits per heavy atom. The van der Waals surface area contributed by atoms with Crippen LogP contribution < -0.4 is 5.32 Å². The van der Waals surface area contributed by atoms with E-state index < -0.39 is 5.60 Å². The molecule has 2 aromatic rings. The van der Waals surface area contributed by atoms with Crippen LogP contribution in [0.15, 0.2) is 24.3 Å². The van der Waals surface area contributed by atoms with Crippen molar-refractivity contribution in [3.63, 3.8) is 0 Å². The number of nitrogens with zero attached hydrogens (tertiary/aromatic N) is 2. The topological polar surface area (TPSA) is 90.9 Å². The lowest BCUT2D eigenvalue weighted by Gasteiger charge is -2.26. The largest absolute Gasteiger partial charge is 0.389 e. The number of H-pyrrole nitrogens is 1. The van der Waals surface area contributed by atoms with Gasteiger partial charge in [-0.3, -0.25) is 9.89 Å². The summed E-state index contributed by atoms with van der Waals surface area (Å²) in [6.45, 7) is 5.87. The van der Waals surface area contributed by atoms with E-state index >= 15 is 0 Å². The first-order chi connectivity index (χ1) is 11.5. The molecule has 130 valence electrons. The predicted octanol–water partition coefficient (Wildman–Crippen LogP) is 3.44. The lowest BCUT2D eigenvalue weighted by atomic mass is 9.89. The Hall–Kier alpha value is -2.21. The molecule has 1 heterocycles. The number of carbonyl (C=O) groups is 1. The van der Waals surface area contributed by atoms with E-state index in [1.54, 1.807) is 0 Å². The highest BCUT2D eigenvalue weighted by atomic mass is 16.3. The van der Waals surface area contributed by atoms with E-state index in [-0.39, 0.29) is 12.3 Å². The number of hydrogen-bond donors (Lipinski definition) is 3. The van der Waals surface area contributed by atoms with Crippen LogP contribution in [0.1, 0.15) is 51.8 Å².